The van der Waals surface area contributed by atoms with Crippen molar-refractivity contribution in [3.05, 3.63) is 58.6 Å². The van der Waals surface area contributed by atoms with Crippen molar-refractivity contribution in [2.45, 2.75) is 13.2 Å². The average Bonchev–Trinajstić information content (AvgIpc) is 2.63. The molecule has 0 aromatic heterocycles. The van der Waals surface area contributed by atoms with Crippen molar-refractivity contribution >= 4 is 11.6 Å². The van der Waals surface area contributed by atoms with Crippen LogP contribution < -0.4 is 14.8 Å². The summed E-state index contributed by atoms with van der Waals surface area (Å²) in [5.74, 6) is 1.38. The third kappa shape index (κ3) is 6.92. The summed E-state index contributed by atoms with van der Waals surface area (Å²) in [6.07, 6.45) is 0. The molecular formula is C19H24ClNO4. The van der Waals surface area contributed by atoms with Gasteiger partial charge in [0.25, 0.3) is 0 Å². The number of rotatable bonds is 11. The van der Waals surface area contributed by atoms with Gasteiger partial charge >= 0.3 is 0 Å². The van der Waals surface area contributed by atoms with Crippen molar-refractivity contribution in [1.82, 2.24) is 5.32 Å². The number of methoxy groups -OCH3 is 1. The van der Waals surface area contributed by atoms with Gasteiger partial charge in [0, 0.05) is 18.1 Å². The van der Waals surface area contributed by atoms with Crippen molar-refractivity contribution in [2.75, 3.05) is 33.5 Å². The second-order valence-electron chi connectivity index (χ2n) is 5.42. The smallest absolute Gasteiger partial charge is 0.161 e. The van der Waals surface area contributed by atoms with E-state index in [2.05, 4.69) is 5.32 Å². The maximum atomic E-state index is 8.64. The summed E-state index contributed by atoms with van der Waals surface area (Å²) in [4.78, 5) is 0. The number of hydrogen-bond acceptors (Lipinski definition) is 5. The maximum absolute atomic E-state index is 8.64. The number of hydrogen-bond donors (Lipinski definition) is 2. The van der Waals surface area contributed by atoms with E-state index in [0.29, 0.717) is 42.9 Å². The minimum atomic E-state index is 0.0495. The number of halogens is 1. The van der Waals surface area contributed by atoms with Crippen LogP contribution in [-0.4, -0.2) is 38.6 Å². The van der Waals surface area contributed by atoms with Crippen molar-refractivity contribution in [3.8, 4) is 11.5 Å². The van der Waals surface area contributed by atoms with Gasteiger partial charge in [0.1, 0.15) is 6.61 Å². The highest BCUT2D eigenvalue weighted by Crippen LogP contribution is 2.29. The molecule has 0 radical (unpaired) electrons. The fourth-order valence-electron chi connectivity index (χ4n) is 2.27. The number of nitrogens with one attached hydrogen (secondary N) is 1. The molecule has 0 aliphatic heterocycles. The molecule has 0 aliphatic rings. The Morgan fingerprint density at radius 3 is 2.68 bits per heavy atom. The first kappa shape index (κ1) is 19.5. The van der Waals surface area contributed by atoms with E-state index in [1.807, 2.05) is 42.5 Å². The van der Waals surface area contributed by atoms with E-state index in [1.54, 1.807) is 7.11 Å². The van der Waals surface area contributed by atoms with Crippen LogP contribution in [0, 0.1) is 0 Å². The Hall–Kier alpha value is -1.79. The molecule has 0 fully saturated rings. The largest absolute Gasteiger partial charge is 0.493 e. The molecule has 2 rings (SSSR count). The topological polar surface area (TPSA) is 60.0 Å². The lowest BCUT2D eigenvalue weighted by Gasteiger charge is -2.13. The summed E-state index contributed by atoms with van der Waals surface area (Å²) in [5, 5.41) is 12.6. The molecule has 0 unspecified atom stereocenters. The minimum absolute atomic E-state index is 0.0495. The Morgan fingerprint density at radius 1 is 1.04 bits per heavy atom. The van der Waals surface area contributed by atoms with Crippen LogP contribution in [-0.2, 0) is 17.9 Å². The number of aliphatic hydroxyl groups excluding tert-OH is 1. The zero-order valence-electron chi connectivity index (χ0n) is 14.3. The van der Waals surface area contributed by atoms with Gasteiger partial charge in [-0.3, -0.25) is 0 Å². The second kappa shape index (κ2) is 10.9. The summed E-state index contributed by atoms with van der Waals surface area (Å²) < 4.78 is 16.5. The first-order chi connectivity index (χ1) is 12.2. The molecule has 2 N–H and O–H groups in total. The van der Waals surface area contributed by atoms with E-state index in [-0.39, 0.29) is 6.61 Å². The van der Waals surface area contributed by atoms with E-state index >= 15 is 0 Å². The van der Waals surface area contributed by atoms with Crippen LogP contribution >= 0.6 is 11.6 Å². The molecule has 0 atom stereocenters. The van der Waals surface area contributed by atoms with Gasteiger partial charge in [0.05, 0.1) is 26.9 Å². The van der Waals surface area contributed by atoms with Crippen LogP contribution in [0.3, 0.4) is 0 Å². The third-order valence-electron chi connectivity index (χ3n) is 3.50. The molecule has 0 spiro atoms. The van der Waals surface area contributed by atoms with Crippen molar-refractivity contribution < 1.29 is 19.3 Å². The lowest BCUT2D eigenvalue weighted by molar-refractivity contribution is 0.0938. The lowest BCUT2D eigenvalue weighted by atomic mass is 10.2. The van der Waals surface area contributed by atoms with E-state index in [9.17, 15) is 0 Å². The van der Waals surface area contributed by atoms with Gasteiger partial charge in [0.2, 0.25) is 0 Å². The van der Waals surface area contributed by atoms with Crippen LogP contribution in [0.1, 0.15) is 11.1 Å². The molecular weight excluding hydrogens is 342 g/mol. The maximum Gasteiger partial charge on any atom is 0.161 e. The van der Waals surface area contributed by atoms with Gasteiger partial charge < -0.3 is 24.6 Å². The summed E-state index contributed by atoms with van der Waals surface area (Å²) in [6, 6.07) is 13.4. The quantitative estimate of drug-likeness (QED) is 0.599. The van der Waals surface area contributed by atoms with Crippen molar-refractivity contribution in [3.63, 3.8) is 0 Å². The van der Waals surface area contributed by atoms with Crippen molar-refractivity contribution in [2.24, 2.45) is 0 Å². The Kier molecular flexibility index (Phi) is 8.55. The minimum Gasteiger partial charge on any atom is -0.493 e. The average molecular weight is 366 g/mol. The van der Waals surface area contributed by atoms with Crippen molar-refractivity contribution in [1.29, 1.82) is 0 Å². The summed E-state index contributed by atoms with van der Waals surface area (Å²) in [7, 11) is 1.63. The number of ether oxygens (including phenoxy) is 3. The molecule has 0 saturated carbocycles. The molecule has 2 aromatic carbocycles. The summed E-state index contributed by atoms with van der Waals surface area (Å²) >= 11 is 5.99. The second-order valence-corrected chi connectivity index (χ2v) is 5.85. The molecule has 0 bridgehead atoms. The predicted octanol–water partition coefficient (Wildman–Crippen LogP) is 3.03. The normalized spacial score (nSPS) is 10.7. The van der Waals surface area contributed by atoms with Gasteiger partial charge in [0.15, 0.2) is 11.5 Å². The first-order valence-corrected chi connectivity index (χ1v) is 8.54. The third-order valence-corrected chi connectivity index (χ3v) is 3.73. The molecule has 2 aromatic rings. The van der Waals surface area contributed by atoms with Gasteiger partial charge in [-0.05, 0) is 35.4 Å². The van der Waals surface area contributed by atoms with Crippen LogP contribution in [0.5, 0.6) is 11.5 Å². The monoisotopic (exact) mass is 365 g/mol. The Labute approximate surface area is 153 Å². The summed E-state index contributed by atoms with van der Waals surface area (Å²) in [5.41, 5.74) is 2.09. The highest BCUT2D eigenvalue weighted by atomic mass is 35.5. The molecule has 25 heavy (non-hydrogen) atoms. The Bertz CT molecular complexity index is 651. The first-order valence-electron chi connectivity index (χ1n) is 8.16. The van der Waals surface area contributed by atoms with Crippen LogP contribution in [0.2, 0.25) is 5.02 Å². The van der Waals surface area contributed by atoms with E-state index in [1.165, 1.54) is 0 Å². The number of aliphatic hydroxyl groups is 1. The fraction of sp³-hybridized carbons (Fsp3) is 0.368. The van der Waals surface area contributed by atoms with Crippen LogP contribution in [0.25, 0.3) is 0 Å². The number of benzene rings is 2. The highest BCUT2D eigenvalue weighted by Gasteiger charge is 2.06. The fourth-order valence-corrected chi connectivity index (χ4v) is 2.49. The van der Waals surface area contributed by atoms with E-state index in [0.717, 1.165) is 17.7 Å². The SMILES string of the molecule is COc1cc(CNCCOCCO)ccc1OCc1cccc(Cl)c1. The van der Waals surface area contributed by atoms with Gasteiger partial charge in [-0.15, -0.1) is 0 Å². The zero-order chi connectivity index (χ0) is 17.9. The lowest BCUT2D eigenvalue weighted by Crippen LogP contribution is -2.20. The molecule has 136 valence electrons. The molecule has 5 nitrogen and oxygen atoms in total. The van der Waals surface area contributed by atoms with Crippen LogP contribution in [0.4, 0.5) is 0 Å². The zero-order valence-corrected chi connectivity index (χ0v) is 15.1. The predicted molar refractivity (Wildman–Crippen MR) is 98.4 cm³/mol. The van der Waals surface area contributed by atoms with Crippen LogP contribution in [0.15, 0.2) is 42.5 Å². The molecule has 6 heteroatoms. The highest BCUT2D eigenvalue weighted by molar-refractivity contribution is 6.30. The Balaban J connectivity index is 1.85. The molecule has 0 amide bonds. The summed E-state index contributed by atoms with van der Waals surface area (Å²) in [6.45, 7) is 2.83. The van der Waals surface area contributed by atoms with Gasteiger partial charge in [-0.1, -0.05) is 29.8 Å². The van der Waals surface area contributed by atoms with Gasteiger partial charge in [-0.2, -0.15) is 0 Å². The standard InChI is InChI=1S/C19H24ClNO4/c1-23-19-12-15(13-21-7-9-24-10-8-22)5-6-18(19)25-14-16-3-2-4-17(20)11-16/h2-6,11-12,21-22H,7-10,13-14H2,1H3. The molecule has 0 aliphatic carbocycles. The van der Waals surface area contributed by atoms with E-state index in [4.69, 9.17) is 30.9 Å². The molecule has 0 heterocycles. The Morgan fingerprint density at radius 2 is 1.92 bits per heavy atom. The molecule has 0 saturated heterocycles. The van der Waals surface area contributed by atoms with Gasteiger partial charge in [-0.25, -0.2) is 0 Å². The van der Waals surface area contributed by atoms with E-state index < -0.39 is 0 Å².